The summed E-state index contributed by atoms with van der Waals surface area (Å²) in [7, 11) is -0.434. The first kappa shape index (κ1) is 25.4. The van der Waals surface area contributed by atoms with E-state index in [0.717, 1.165) is 11.0 Å². The van der Waals surface area contributed by atoms with Crippen LogP contribution < -0.4 is 5.46 Å². The first-order valence-corrected chi connectivity index (χ1v) is 13.6. The van der Waals surface area contributed by atoms with E-state index in [1.807, 2.05) is 0 Å². The van der Waals surface area contributed by atoms with Crippen LogP contribution in [0.25, 0.3) is 44.5 Å². The van der Waals surface area contributed by atoms with Crippen molar-refractivity contribution in [2.75, 3.05) is 0 Å². The van der Waals surface area contributed by atoms with Crippen LogP contribution in [-0.4, -0.2) is 18.3 Å². The van der Waals surface area contributed by atoms with Crippen LogP contribution in [0.3, 0.4) is 0 Å². The molecule has 192 valence electrons. The van der Waals surface area contributed by atoms with Gasteiger partial charge in [0.15, 0.2) is 0 Å². The fourth-order valence-electron chi connectivity index (χ4n) is 5.32. The Labute approximate surface area is 232 Å². The van der Waals surface area contributed by atoms with Crippen LogP contribution in [0.5, 0.6) is 0 Å². The van der Waals surface area contributed by atoms with E-state index < -0.39 is 18.3 Å². The lowest BCUT2D eigenvalue weighted by Gasteiger charge is -2.32. The van der Waals surface area contributed by atoms with Crippen LogP contribution >= 0.6 is 0 Å². The molecular formula is C36H33BO2. The van der Waals surface area contributed by atoms with Gasteiger partial charge in [0.1, 0.15) is 0 Å². The number of benzene rings is 5. The number of hydrogen-bond acceptors (Lipinski definition) is 2. The lowest BCUT2D eigenvalue weighted by Crippen LogP contribution is -2.41. The summed E-state index contributed by atoms with van der Waals surface area (Å²) in [6, 6.07) is 45.2. The van der Waals surface area contributed by atoms with Crippen molar-refractivity contribution in [1.29, 1.82) is 0 Å². The highest BCUT2D eigenvalue weighted by molar-refractivity contribution is 6.62. The molecule has 5 aromatic carbocycles. The van der Waals surface area contributed by atoms with Gasteiger partial charge in [0.25, 0.3) is 0 Å². The van der Waals surface area contributed by atoms with Crippen LogP contribution in [0.2, 0.25) is 0 Å². The fourth-order valence-corrected chi connectivity index (χ4v) is 5.32. The molecule has 0 unspecified atom stereocenters. The zero-order valence-electron chi connectivity index (χ0n) is 23.0. The molecule has 0 N–H and O–H groups in total. The Bertz CT molecular complexity index is 1590. The zero-order chi connectivity index (χ0) is 27.0. The Morgan fingerprint density at radius 1 is 0.410 bits per heavy atom. The van der Waals surface area contributed by atoms with Crippen LogP contribution in [0.1, 0.15) is 27.7 Å². The van der Waals surface area contributed by atoms with Crippen molar-refractivity contribution in [3.8, 4) is 44.5 Å². The second-order valence-corrected chi connectivity index (χ2v) is 11.2. The second kappa shape index (κ2) is 10.00. The standard InChI is InChI=1S/C36H33BO2/c1-35(2)36(3,4)39-37(38-35)28-23-24-33(31-21-13-11-19-29(31)26-15-7-5-8-16-26)34(25-28)32-22-14-12-20-30(32)27-17-9-6-10-18-27/h5-25H,1-4H3. The van der Waals surface area contributed by atoms with E-state index in [1.54, 1.807) is 0 Å². The summed E-state index contributed by atoms with van der Waals surface area (Å²) in [6.07, 6.45) is 0. The molecule has 0 saturated carbocycles. The molecule has 1 aliphatic rings. The monoisotopic (exact) mass is 508 g/mol. The molecule has 0 bridgehead atoms. The van der Waals surface area contributed by atoms with Gasteiger partial charge in [-0.25, -0.2) is 0 Å². The predicted octanol–water partition coefficient (Wildman–Crippen LogP) is 8.65. The summed E-state index contributed by atoms with van der Waals surface area (Å²) >= 11 is 0. The second-order valence-electron chi connectivity index (χ2n) is 11.2. The normalized spacial score (nSPS) is 15.8. The van der Waals surface area contributed by atoms with Gasteiger partial charge in [-0.1, -0.05) is 127 Å². The summed E-state index contributed by atoms with van der Waals surface area (Å²) in [5, 5.41) is 0. The topological polar surface area (TPSA) is 18.5 Å². The van der Waals surface area contributed by atoms with Crippen molar-refractivity contribution in [3.05, 3.63) is 127 Å². The maximum atomic E-state index is 6.47. The summed E-state index contributed by atoms with van der Waals surface area (Å²) in [4.78, 5) is 0. The van der Waals surface area contributed by atoms with Crippen molar-refractivity contribution in [2.24, 2.45) is 0 Å². The Hall–Kier alpha value is -3.92. The van der Waals surface area contributed by atoms with E-state index in [4.69, 9.17) is 9.31 Å². The molecule has 1 aliphatic heterocycles. The van der Waals surface area contributed by atoms with E-state index >= 15 is 0 Å². The van der Waals surface area contributed by atoms with Crippen molar-refractivity contribution in [1.82, 2.24) is 0 Å². The average Bonchev–Trinajstić information content (AvgIpc) is 3.20. The van der Waals surface area contributed by atoms with Gasteiger partial charge < -0.3 is 9.31 Å². The third kappa shape index (κ3) is 4.73. The molecule has 5 aromatic rings. The minimum atomic E-state index is -0.434. The maximum absolute atomic E-state index is 6.47. The molecule has 2 nitrogen and oxygen atoms in total. The Morgan fingerprint density at radius 2 is 0.795 bits per heavy atom. The van der Waals surface area contributed by atoms with Crippen LogP contribution in [0, 0.1) is 0 Å². The van der Waals surface area contributed by atoms with E-state index in [2.05, 4.69) is 155 Å². The molecule has 39 heavy (non-hydrogen) atoms. The van der Waals surface area contributed by atoms with Gasteiger partial charge in [0.05, 0.1) is 11.2 Å². The van der Waals surface area contributed by atoms with Crippen molar-refractivity contribution in [2.45, 2.75) is 38.9 Å². The Kier molecular flexibility index (Phi) is 6.50. The molecule has 1 fully saturated rings. The van der Waals surface area contributed by atoms with Crippen LogP contribution in [0.15, 0.2) is 127 Å². The Balaban J connectivity index is 1.58. The largest absolute Gasteiger partial charge is 0.494 e. The highest BCUT2D eigenvalue weighted by atomic mass is 16.7. The van der Waals surface area contributed by atoms with Crippen LogP contribution in [0.4, 0.5) is 0 Å². The molecule has 0 radical (unpaired) electrons. The van der Waals surface area contributed by atoms with Crippen molar-refractivity contribution >= 4 is 12.6 Å². The van der Waals surface area contributed by atoms with Gasteiger partial charge in [-0.2, -0.15) is 0 Å². The summed E-state index contributed by atoms with van der Waals surface area (Å²) in [5.74, 6) is 0. The zero-order valence-corrected chi connectivity index (χ0v) is 23.0. The van der Waals surface area contributed by atoms with Crippen LogP contribution in [-0.2, 0) is 9.31 Å². The van der Waals surface area contributed by atoms with E-state index in [9.17, 15) is 0 Å². The number of rotatable bonds is 5. The van der Waals surface area contributed by atoms with Crippen molar-refractivity contribution in [3.63, 3.8) is 0 Å². The summed E-state index contributed by atoms with van der Waals surface area (Å²) in [6.45, 7) is 8.40. The molecule has 1 saturated heterocycles. The van der Waals surface area contributed by atoms with Gasteiger partial charge in [0, 0.05) is 0 Å². The third-order valence-electron chi connectivity index (χ3n) is 8.17. The molecule has 0 aromatic heterocycles. The van der Waals surface area contributed by atoms with Gasteiger partial charge in [-0.05, 0) is 77.7 Å². The van der Waals surface area contributed by atoms with E-state index in [-0.39, 0.29) is 0 Å². The SMILES string of the molecule is CC1(C)OB(c2ccc(-c3ccccc3-c3ccccc3)c(-c3ccccc3-c3ccccc3)c2)OC1(C)C. The molecule has 6 rings (SSSR count). The molecule has 0 aliphatic carbocycles. The average molecular weight is 508 g/mol. The minimum absolute atomic E-state index is 0.404. The minimum Gasteiger partial charge on any atom is -0.399 e. The highest BCUT2D eigenvalue weighted by Crippen LogP contribution is 2.42. The third-order valence-corrected chi connectivity index (χ3v) is 8.17. The first-order valence-electron chi connectivity index (χ1n) is 13.6. The quantitative estimate of drug-likeness (QED) is 0.221. The molecule has 0 amide bonds. The Morgan fingerprint density at radius 3 is 1.28 bits per heavy atom. The van der Waals surface area contributed by atoms with Gasteiger partial charge in [0.2, 0.25) is 0 Å². The molecule has 0 spiro atoms. The predicted molar refractivity (Wildman–Crippen MR) is 164 cm³/mol. The van der Waals surface area contributed by atoms with E-state index in [0.29, 0.717) is 0 Å². The molecular weight excluding hydrogens is 475 g/mol. The van der Waals surface area contributed by atoms with Gasteiger partial charge in [-0.3, -0.25) is 0 Å². The van der Waals surface area contributed by atoms with E-state index in [1.165, 1.54) is 38.9 Å². The highest BCUT2D eigenvalue weighted by Gasteiger charge is 2.51. The van der Waals surface area contributed by atoms with Gasteiger partial charge >= 0.3 is 7.12 Å². The summed E-state index contributed by atoms with van der Waals surface area (Å²) in [5.41, 5.74) is 9.72. The van der Waals surface area contributed by atoms with Gasteiger partial charge in [-0.15, -0.1) is 0 Å². The number of hydrogen-bond donors (Lipinski definition) is 0. The lowest BCUT2D eigenvalue weighted by molar-refractivity contribution is 0.00578. The maximum Gasteiger partial charge on any atom is 0.494 e. The first-order chi connectivity index (χ1) is 18.8. The summed E-state index contributed by atoms with van der Waals surface area (Å²) < 4.78 is 12.9. The lowest BCUT2D eigenvalue weighted by atomic mass is 9.75. The smallest absolute Gasteiger partial charge is 0.399 e. The molecule has 3 heteroatoms. The molecule has 0 atom stereocenters. The van der Waals surface area contributed by atoms with Crippen molar-refractivity contribution < 1.29 is 9.31 Å². The fraction of sp³-hybridized carbons (Fsp3) is 0.167. The molecule has 1 heterocycles.